The van der Waals surface area contributed by atoms with Gasteiger partial charge in [-0.3, -0.25) is 9.59 Å². The number of carbonyl (C=O) groups is 2. The van der Waals surface area contributed by atoms with Gasteiger partial charge in [-0.15, -0.1) is 0 Å². The lowest BCUT2D eigenvalue weighted by molar-refractivity contribution is -0.138. The molecule has 0 fully saturated rings. The number of hydrogen-bond acceptors (Lipinski definition) is 3. The van der Waals surface area contributed by atoms with E-state index in [1.54, 1.807) is 12.1 Å². The maximum atomic E-state index is 12.4. The minimum Gasteiger partial charge on any atom is -0.480 e. The quantitative estimate of drug-likeness (QED) is 0.792. The molecule has 1 rings (SSSR count). The molecule has 0 radical (unpaired) electrons. The summed E-state index contributed by atoms with van der Waals surface area (Å²) < 4.78 is 0. The molecule has 0 aromatic heterocycles. The summed E-state index contributed by atoms with van der Waals surface area (Å²) in [7, 11) is 0. The van der Waals surface area contributed by atoms with E-state index < -0.39 is 5.97 Å². The van der Waals surface area contributed by atoms with Crippen LogP contribution in [0.3, 0.4) is 0 Å². The maximum Gasteiger partial charge on any atom is 0.323 e. The number of carbonyl (C=O) groups excluding carboxylic acids is 1. The van der Waals surface area contributed by atoms with Crippen LogP contribution in [0.25, 0.3) is 0 Å². The molecule has 0 bridgehead atoms. The molecule has 1 amide bonds. The van der Waals surface area contributed by atoms with Gasteiger partial charge < -0.3 is 15.7 Å². The van der Waals surface area contributed by atoms with Crippen molar-refractivity contribution in [2.75, 3.05) is 13.1 Å². The topological polar surface area (TPSA) is 83.6 Å². The predicted molar refractivity (Wildman–Crippen MR) is 77.6 cm³/mol. The Kier molecular flexibility index (Phi) is 6.18. The Hall–Kier alpha value is -1.88. The molecule has 5 nitrogen and oxygen atoms in total. The zero-order chi connectivity index (χ0) is 15.1. The first-order valence-electron chi connectivity index (χ1n) is 6.81. The van der Waals surface area contributed by atoms with Crippen molar-refractivity contribution in [2.45, 2.75) is 32.7 Å². The third kappa shape index (κ3) is 4.35. The van der Waals surface area contributed by atoms with Crippen molar-refractivity contribution in [3.8, 4) is 0 Å². The highest BCUT2D eigenvalue weighted by molar-refractivity contribution is 5.96. The van der Waals surface area contributed by atoms with Crippen molar-refractivity contribution >= 4 is 11.9 Å². The van der Waals surface area contributed by atoms with E-state index in [4.69, 9.17) is 10.8 Å². The molecule has 1 unspecified atom stereocenters. The summed E-state index contributed by atoms with van der Waals surface area (Å²) in [5, 5.41) is 8.93. The highest BCUT2D eigenvalue weighted by atomic mass is 16.4. The Morgan fingerprint density at radius 2 is 1.90 bits per heavy atom. The SMILES string of the molecule is CCC(C)N(CC(=O)O)C(=O)c1ccc(CCN)cc1. The van der Waals surface area contributed by atoms with Gasteiger partial charge in [-0.25, -0.2) is 0 Å². The fourth-order valence-corrected chi connectivity index (χ4v) is 1.94. The lowest BCUT2D eigenvalue weighted by atomic mass is 10.1. The van der Waals surface area contributed by atoms with Crippen LogP contribution in [0.4, 0.5) is 0 Å². The molecule has 20 heavy (non-hydrogen) atoms. The van der Waals surface area contributed by atoms with E-state index in [2.05, 4.69) is 0 Å². The summed E-state index contributed by atoms with van der Waals surface area (Å²) in [6.07, 6.45) is 1.48. The fourth-order valence-electron chi connectivity index (χ4n) is 1.94. The molecule has 0 saturated heterocycles. The van der Waals surface area contributed by atoms with Gasteiger partial charge in [-0.2, -0.15) is 0 Å². The third-order valence-corrected chi connectivity index (χ3v) is 3.32. The molecule has 110 valence electrons. The van der Waals surface area contributed by atoms with Crippen LogP contribution in [0.2, 0.25) is 0 Å². The molecule has 1 aromatic carbocycles. The highest BCUT2D eigenvalue weighted by Gasteiger charge is 2.22. The lowest BCUT2D eigenvalue weighted by Gasteiger charge is -2.27. The molecule has 0 saturated carbocycles. The molecule has 0 aliphatic rings. The number of benzene rings is 1. The normalized spacial score (nSPS) is 11.9. The van der Waals surface area contributed by atoms with E-state index in [0.717, 1.165) is 12.0 Å². The Morgan fingerprint density at radius 1 is 1.30 bits per heavy atom. The van der Waals surface area contributed by atoms with Gasteiger partial charge in [0.05, 0.1) is 0 Å². The van der Waals surface area contributed by atoms with E-state index >= 15 is 0 Å². The Balaban J connectivity index is 2.90. The largest absolute Gasteiger partial charge is 0.480 e. The van der Waals surface area contributed by atoms with Gasteiger partial charge in [0.1, 0.15) is 6.54 Å². The van der Waals surface area contributed by atoms with Crippen molar-refractivity contribution < 1.29 is 14.7 Å². The van der Waals surface area contributed by atoms with Crippen LogP contribution in [-0.2, 0) is 11.2 Å². The zero-order valence-corrected chi connectivity index (χ0v) is 12.0. The van der Waals surface area contributed by atoms with Crippen molar-refractivity contribution in [1.29, 1.82) is 0 Å². The van der Waals surface area contributed by atoms with Crippen molar-refractivity contribution in [2.24, 2.45) is 5.73 Å². The average molecular weight is 278 g/mol. The summed E-state index contributed by atoms with van der Waals surface area (Å²) in [6, 6.07) is 7.06. The number of hydrogen-bond donors (Lipinski definition) is 2. The Morgan fingerprint density at radius 3 is 2.35 bits per heavy atom. The second-order valence-corrected chi connectivity index (χ2v) is 4.82. The fraction of sp³-hybridized carbons (Fsp3) is 0.467. The first-order chi connectivity index (χ1) is 9.49. The minimum absolute atomic E-state index is 0.109. The van der Waals surface area contributed by atoms with Crippen molar-refractivity contribution in [1.82, 2.24) is 4.90 Å². The Bertz CT molecular complexity index is 457. The Labute approximate surface area is 119 Å². The molecule has 5 heteroatoms. The first-order valence-corrected chi connectivity index (χ1v) is 6.81. The van der Waals surface area contributed by atoms with Crippen LogP contribution >= 0.6 is 0 Å². The summed E-state index contributed by atoms with van der Waals surface area (Å²) in [4.78, 5) is 24.7. The van der Waals surface area contributed by atoms with Crippen LogP contribution in [-0.4, -0.2) is 41.0 Å². The number of rotatable bonds is 7. The predicted octanol–water partition coefficient (Wildman–Crippen LogP) is 1.51. The van der Waals surface area contributed by atoms with E-state index in [-0.39, 0.29) is 18.5 Å². The minimum atomic E-state index is -1.00. The van der Waals surface area contributed by atoms with Crippen molar-refractivity contribution in [3.05, 3.63) is 35.4 Å². The number of carboxylic acids is 1. The molecule has 1 atom stereocenters. The molecule has 0 heterocycles. The van der Waals surface area contributed by atoms with E-state index in [9.17, 15) is 9.59 Å². The van der Waals surface area contributed by atoms with E-state index in [1.807, 2.05) is 26.0 Å². The van der Waals surface area contributed by atoms with Crippen LogP contribution in [0.5, 0.6) is 0 Å². The molecule has 0 aliphatic carbocycles. The van der Waals surface area contributed by atoms with E-state index in [1.165, 1.54) is 4.90 Å². The van der Waals surface area contributed by atoms with Gasteiger partial charge in [-0.1, -0.05) is 19.1 Å². The highest BCUT2D eigenvalue weighted by Crippen LogP contribution is 2.12. The van der Waals surface area contributed by atoms with Crippen molar-refractivity contribution in [3.63, 3.8) is 0 Å². The summed E-state index contributed by atoms with van der Waals surface area (Å²) in [5.41, 5.74) is 7.05. The molecule has 1 aromatic rings. The van der Waals surface area contributed by atoms with Crippen LogP contribution in [0, 0.1) is 0 Å². The summed E-state index contributed by atoms with van der Waals surface area (Å²) >= 11 is 0. The van der Waals surface area contributed by atoms with Gasteiger partial charge in [0.25, 0.3) is 5.91 Å². The standard InChI is InChI=1S/C15H22N2O3/c1-3-11(2)17(10-14(18)19)15(20)13-6-4-12(5-7-13)8-9-16/h4-7,11H,3,8-10,16H2,1-2H3,(H,18,19). The second kappa shape index (κ2) is 7.65. The third-order valence-electron chi connectivity index (χ3n) is 3.32. The van der Waals surface area contributed by atoms with Crippen LogP contribution in [0.15, 0.2) is 24.3 Å². The van der Waals surface area contributed by atoms with Gasteiger partial charge in [0, 0.05) is 11.6 Å². The molecule has 0 spiro atoms. The number of carboxylic acid groups (broad SMARTS) is 1. The number of amides is 1. The number of aliphatic carboxylic acids is 1. The second-order valence-electron chi connectivity index (χ2n) is 4.82. The summed E-state index contributed by atoms with van der Waals surface area (Å²) in [6.45, 7) is 4.06. The smallest absolute Gasteiger partial charge is 0.323 e. The van der Waals surface area contributed by atoms with Crippen LogP contribution in [0.1, 0.15) is 36.2 Å². The molecular weight excluding hydrogens is 256 g/mol. The average Bonchev–Trinajstić information content (AvgIpc) is 2.44. The number of nitrogens with two attached hydrogens (primary N) is 1. The molecule has 3 N–H and O–H groups in total. The monoisotopic (exact) mass is 278 g/mol. The van der Waals surface area contributed by atoms with Gasteiger partial charge in [-0.05, 0) is 44.0 Å². The summed E-state index contributed by atoms with van der Waals surface area (Å²) in [5.74, 6) is -1.25. The zero-order valence-electron chi connectivity index (χ0n) is 12.0. The van der Waals surface area contributed by atoms with Gasteiger partial charge >= 0.3 is 5.97 Å². The maximum absolute atomic E-state index is 12.4. The molecule has 0 aliphatic heterocycles. The number of nitrogens with zero attached hydrogens (tertiary/aromatic N) is 1. The lowest BCUT2D eigenvalue weighted by Crippen LogP contribution is -2.41. The van der Waals surface area contributed by atoms with E-state index in [0.29, 0.717) is 18.5 Å². The van der Waals surface area contributed by atoms with Gasteiger partial charge in [0.2, 0.25) is 0 Å². The van der Waals surface area contributed by atoms with Crippen LogP contribution < -0.4 is 5.73 Å². The first kappa shape index (κ1) is 16.2. The van der Waals surface area contributed by atoms with Gasteiger partial charge in [0.15, 0.2) is 0 Å². The molecular formula is C15H22N2O3.